The number of methoxy groups -OCH3 is 2. The van der Waals surface area contributed by atoms with E-state index in [4.69, 9.17) is 9.47 Å². The van der Waals surface area contributed by atoms with E-state index in [0.29, 0.717) is 11.1 Å². The summed E-state index contributed by atoms with van der Waals surface area (Å²) in [5.74, 6) is 0.308. The Morgan fingerprint density at radius 2 is 2.00 bits per heavy atom. The van der Waals surface area contributed by atoms with E-state index in [1.807, 2.05) is 0 Å². The Labute approximate surface area is 101 Å². The third kappa shape index (κ3) is 1.75. The van der Waals surface area contributed by atoms with Crippen molar-refractivity contribution in [1.82, 2.24) is 4.98 Å². The molecular formula is C11H10N2O5. The Balaban J connectivity index is 2.96. The zero-order valence-electron chi connectivity index (χ0n) is 9.72. The first-order chi connectivity index (χ1) is 8.58. The normalized spacial score (nSPS) is 10.3. The summed E-state index contributed by atoms with van der Waals surface area (Å²) in [6, 6.07) is 4.11. The van der Waals surface area contributed by atoms with Crippen molar-refractivity contribution in [1.29, 1.82) is 0 Å². The average Bonchev–Trinajstić information content (AvgIpc) is 2.36. The van der Waals surface area contributed by atoms with Gasteiger partial charge in [-0.15, -0.1) is 0 Å². The highest BCUT2D eigenvalue weighted by Crippen LogP contribution is 2.39. The molecule has 1 heterocycles. The predicted octanol–water partition coefficient (Wildman–Crippen LogP) is 1.45. The van der Waals surface area contributed by atoms with Crippen molar-refractivity contribution >= 4 is 16.6 Å². The first-order valence-electron chi connectivity index (χ1n) is 5.01. The lowest BCUT2D eigenvalue weighted by atomic mass is 10.1. The fourth-order valence-electron chi connectivity index (χ4n) is 1.77. The topological polar surface area (TPSA) is 94.5 Å². The van der Waals surface area contributed by atoms with Crippen LogP contribution in [0.2, 0.25) is 0 Å². The maximum absolute atomic E-state index is 11.3. The molecule has 94 valence electrons. The quantitative estimate of drug-likeness (QED) is 0.657. The number of rotatable bonds is 3. The minimum atomic E-state index is -0.591. The van der Waals surface area contributed by atoms with Gasteiger partial charge < -0.3 is 14.5 Å². The molecule has 2 aromatic rings. The first-order valence-corrected chi connectivity index (χ1v) is 5.01. The summed E-state index contributed by atoms with van der Waals surface area (Å²) < 4.78 is 10.1. The second-order valence-electron chi connectivity index (χ2n) is 3.50. The van der Waals surface area contributed by atoms with Crippen molar-refractivity contribution in [2.45, 2.75) is 0 Å². The maximum atomic E-state index is 11.3. The molecule has 0 bridgehead atoms. The lowest BCUT2D eigenvalue weighted by Gasteiger charge is -2.09. The lowest BCUT2D eigenvalue weighted by Crippen LogP contribution is -2.05. The summed E-state index contributed by atoms with van der Waals surface area (Å²) >= 11 is 0. The van der Waals surface area contributed by atoms with E-state index in [2.05, 4.69) is 4.98 Å². The Hall–Kier alpha value is -2.57. The summed E-state index contributed by atoms with van der Waals surface area (Å²) in [6.07, 6.45) is 0. The van der Waals surface area contributed by atoms with Gasteiger partial charge in [0, 0.05) is 11.5 Å². The highest BCUT2D eigenvalue weighted by Gasteiger charge is 2.22. The standard InChI is InChI=1S/C11H10N2O5/c1-17-8-5-7(13(15)16)11(18-2)10-6(8)3-4-9(14)12-10/h3-5H,1-2H3,(H,12,14). The van der Waals surface area contributed by atoms with E-state index in [-0.39, 0.29) is 22.5 Å². The largest absolute Gasteiger partial charge is 0.496 e. The van der Waals surface area contributed by atoms with Crippen LogP contribution in [0.5, 0.6) is 11.5 Å². The molecule has 1 N–H and O–H groups in total. The summed E-state index contributed by atoms with van der Waals surface area (Å²) in [7, 11) is 2.70. The van der Waals surface area contributed by atoms with Gasteiger partial charge in [-0.05, 0) is 6.07 Å². The highest BCUT2D eigenvalue weighted by atomic mass is 16.6. The van der Waals surface area contributed by atoms with E-state index in [1.165, 1.54) is 32.4 Å². The van der Waals surface area contributed by atoms with Crippen LogP contribution in [0.4, 0.5) is 5.69 Å². The molecule has 1 aromatic heterocycles. The molecule has 7 nitrogen and oxygen atoms in total. The summed E-state index contributed by atoms with van der Waals surface area (Å²) in [6.45, 7) is 0. The van der Waals surface area contributed by atoms with Gasteiger partial charge in [0.05, 0.1) is 25.2 Å². The van der Waals surface area contributed by atoms with Crippen LogP contribution in [0.1, 0.15) is 0 Å². The second kappa shape index (κ2) is 4.36. The molecule has 0 aliphatic carbocycles. The molecule has 0 spiro atoms. The molecular weight excluding hydrogens is 240 g/mol. The number of H-pyrrole nitrogens is 1. The Kier molecular flexibility index (Phi) is 2.88. The average molecular weight is 250 g/mol. The summed E-state index contributed by atoms with van der Waals surface area (Å²) in [5.41, 5.74) is -0.386. The molecule has 0 unspecified atom stereocenters. The van der Waals surface area contributed by atoms with Gasteiger partial charge in [-0.1, -0.05) is 0 Å². The molecule has 0 amide bonds. The highest BCUT2D eigenvalue weighted by molar-refractivity contribution is 5.93. The lowest BCUT2D eigenvalue weighted by molar-refractivity contribution is -0.385. The Morgan fingerprint density at radius 3 is 2.56 bits per heavy atom. The number of aromatic nitrogens is 1. The number of benzene rings is 1. The van der Waals surface area contributed by atoms with Crippen molar-refractivity contribution in [3.63, 3.8) is 0 Å². The minimum Gasteiger partial charge on any atom is -0.496 e. The number of nitrogens with one attached hydrogen (secondary N) is 1. The number of pyridine rings is 1. The molecule has 7 heteroatoms. The van der Waals surface area contributed by atoms with Crippen LogP contribution in [0, 0.1) is 10.1 Å². The number of aromatic amines is 1. The fraction of sp³-hybridized carbons (Fsp3) is 0.182. The van der Waals surface area contributed by atoms with Crippen LogP contribution >= 0.6 is 0 Å². The van der Waals surface area contributed by atoms with Crippen molar-refractivity contribution < 1.29 is 14.4 Å². The van der Waals surface area contributed by atoms with Crippen molar-refractivity contribution in [3.8, 4) is 11.5 Å². The van der Waals surface area contributed by atoms with Crippen LogP contribution in [0.3, 0.4) is 0 Å². The van der Waals surface area contributed by atoms with Gasteiger partial charge in [0.15, 0.2) is 0 Å². The number of ether oxygens (including phenoxy) is 2. The molecule has 0 saturated heterocycles. The van der Waals surface area contributed by atoms with Crippen LogP contribution in [-0.2, 0) is 0 Å². The summed E-state index contributed by atoms with van der Waals surface area (Å²) in [5, 5.41) is 11.5. The molecule has 0 atom stereocenters. The molecule has 0 aliphatic heterocycles. The SMILES string of the molecule is COc1cc([N+](=O)[O-])c(OC)c2[nH]c(=O)ccc12. The van der Waals surface area contributed by atoms with Gasteiger partial charge in [0.1, 0.15) is 11.3 Å². The smallest absolute Gasteiger partial charge is 0.316 e. The number of nitrogens with zero attached hydrogens (tertiary/aromatic N) is 1. The molecule has 0 radical (unpaired) electrons. The Morgan fingerprint density at radius 1 is 1.28 bits per heavy atom. The van der Waals surface area contributed by atoms with Gasteiger partial charge in [0.25, 0.3) is 0 Å². The van der Waals surface area contributed by atoms with Gasteiger partial charge in [-0.2, -0.15) is 0 Å². The van der Waals surface area contributed by atoms with Crippen molar-refractivity contribution in [2.24, 2.45) is 0 Å². The van der Waals surface area contributed by atoms with E-state index in [1.54, 1.807) is 0 Å². The first kappa shape index (κ1) is 11.9. The molecule has 18 heavy (non-hydrogen) atoms. The van der Waals surface area contributed by atoms with E-state index >= 15 is 0 Å². The molecule has 1 aromatic carbocycles. The second-order valence-corrected chi connectivity index (χ2v) is 3.50. The van der Waals surface area contributed by atoms with Crippen LogP contribution in [-0.4, -0.2) is 24.1 Å². The van der Waals surface area contributed by atoms with E-state index in [9.17, 15) is 14.9 Å². The number of hydrogen-bond acceptors (Lipinski definition) is 5. The van der Waals surface area contributed by atoms with Gasteiger partial charge >= 0.3 is 5.69 Å². The van der Waals surface area contributed by atoms with Crippen LogP contribution in [0.25, 0.3) is 10.9 Å². The van der Waals surface area contributed by atoms with Gasteiger partial charge in [-0.3, -0.25) is 14.9 Å². The fourth-order valence-corrected chi connectivity index (χ4v) is 1.77. The van der Waals surface area contributed by atoms with Gasteiger partial charge in [-0.25, -0.2) is 0 Å². The van der Waals surface area contributed by atoms with E-state index < -0.39 is 4.92 Å². The Bertz CT molecular complexity index is 677. The molecule has 0 saturated carbocycles. The van der Waals surface area contributed by atoms with Crippen molar-refractivity contribution in [3.05, 3.63) is 38.7 Å². The molecule has 0 fully saturated rings. The number of hydrogen-bond donors (Lipinski definition) is 1. The minimum absolute atomic E-state index is 0.00787. The molecule has 2 rings (SSSR count). The number of nitro groups is 1. The monoisotopic (exact) mass is 250 g/mol. The summed E-state index contributed by atoms with van der Waals surface area (Å²) in [4.78, 5) is 24.2. The third-order valence-corrected chi connectivity index (χ3v) is 2.53. The number of nitro benzene ring substituents is 1. The zero-order chi connectivity index (χ0) is 13.3. The van der Waals surface area contributed by atoms with E-state index in [0.717, 1.165) is 0 Å². The number of fused-ring (bicyclic) bond motifs is 1. The zero-order valence-corrected chi connectivity index (χ0v) is 9.72. The predicted molar refractivity (Wildman–Crippen MR) is 64.3 cm³/mol. The van der Waals surface area contributed by atoms with Crippen molar-refractivity contribution in [2.75, 3.05) is 14.2 Å². The molecule has 0 aliphatic rings. The maximum Gasteiger partial charge on any atom is 0.316 e. The van der Waals surface area contributed by atoms with Crippen LogP contribution in [0.15, 0.2) is 23.0 Å². The van der Waals surface area contributed by atoms with Gasteiger partial charge in [0.2, 0.25) is 11.3 Å². The third-order valence-electron chi connectivity index (χ3n) is 2.53. The van der Waals surface area contributed by atoms with Crippen LogP contribution < -0.4 is 15.0 Å².